The summed E-state index contributed by atoms with van der Waals surface area (Å²) in [4.78, 5) is 6.27. The van der Waals surface area contributed by atoms with Crippen molar-refractivity contribution in [3.63, 3.8) is 0 Å². The van der Waals surface area contributed by atoms with Crippen molar-refractivity contribution < 1.29 is 17.9 Å². The molecule has 0 aromatic heterocycles. The Balaban J connectivity index is 2.88. The highest BCUT2D eigenvalue weighted by molar-refractivity contribution is 5.64. The van der Waals surface area contributed by atoms with E-state index in [2.05, 4.69) is 4.99 Å². The Morgan fingerprint density at radius 1 is 1.32 bits per heavy atom. The van der Waals surface area contributed by atoms with Crippen molar-refractivity contribution in [1.82, 2.24) is 4.90 Å². The largest absolute Gasteiger partial charge is 0.487 e. The molecule has 124 valence electrons. The first-order valence-corrected chi connectivity index (χ1v) is 7.17. The quantitative estimate of drug-likeness (QED) is 0.554. The summed E-state index contributed by atoms with van der Waals surface area (Å²) < 4.78 is 44.4. The second kappa shape index (κ2) is 7.51. The maximum absolute atomic E-state index is 13.3. The number of aliphatic imine (C=N–C) groups is 1. The van der Waals surface area contributed by atoms with Gasteiger partial charge in [-0.15, -0.1) is 0 Å². The summed E-state index contributed by atoms with van der Waals surface area (Å²) in [6.07, 6.45) is -0.538. The van der Waals surface area contributed by atoms with E-state index in [0.717, 1.165) is 24.7 Å². The summed E-state index contributed by atoms with van der Waals surface area (Å²) in [7, 11) is 1.91. The molecular weight excluding hydrogens is 293 g/mol. The molecule has 0 spiro atoms. The van der Waals surface area contributed by atoms with Crippen LogP contribution in [0.25, 0.3) is 0 Å². The average molecular weight is 316 g/mol. The molecule has 0 N–H and O–H groups in total. The predicted molar refractivity (Wildman–Crippen MR) is 83.4 cm³/mol. The third kappa shape index (κ3) is 4.93. The fourth-order valence-electron chi connectivity index (χ4n) is 1.60. The molecule has 22 heavy (non-hydrogen) atoms. The summed E-state index contributed by atoms with van der Waals surface area (Å²) >= 11 is 0. The van der Waals surface area contributed by atoms with Gasteiger partial charge in [0.15, 0.2) is 12.8 Å². The highest BCUT2D eigenvalue weighted by atomic mass is 19.3. The molecule has 0 aliphatic carbocycles. The number of ether oxygens (including phenoxy) is 1. The molecular formula is C16H23F3N2O. The molecule has 1 unspecified atom stereocenters. The van der Waals surface area contributed by atoms with Gasteiger partial charge < -0.3 is 9.64 Å². The minimum atomic E-state index is -3.50. The van der Waals surface area contributed by atoms with Gasteiger partial charge in [-0.2, -0.15) is 8.78 Å². The second-order valence-electron chi connectivity index (χ2n) is 5.39. The van der Waals surface area contributed by atoms with E-state index in [4.69, 9.17) is 4.74 Å². The predicted octanol–water partition coefficient (Wildman–Crippen LogP) is 4.29. The van der Waals surface area contributed by atoms with Crippen LogP contribution < -0.4 is 4.74 Å². The van der Waals surface area contributed by atoms with Gasteiger partial charge in [0.1, 0.15) is 5.75 Å². The lowest BCUT2D eigenvalue weighted by atomic mass is 10.1. The molecule has 0 fully saturated rings. The molecule has 1 rings (SSSR count). The molecule has 0 heterocycles. The molecule has 0 amide bonds. The lowest BCUT2D eigenvalue weighted by molar-refractivity contribution is -0.0942. The average Bonchev–Trinajstić information content (AvgIpc) is 2.45. The van der Waals surface area contributed by atoms with Crippen molar-refractivity contribution in [2.75, 3.05) is 20.2 Å². The lowest BCUT2D eigenvalue weighted by Gasteiger charge is -2.19. The van der Waals surface area contributed by atoms with Crippen molar-refractivity contribution in [3.8, 4) is 5.75 Å². The first kappa shape index (κ1) is 18.3. The van der Waals surface area contributed by atoms with Crippen LogP contribution in [0.3, 0.4) is 0 Å². The van der Waals surface area contributed by atoms with E-state index in [0.29, 0.717) is 11.3 Å². The first-order chi connectivity index (χ1) is 10.2. The van der Waals surface area contributed by atoms with Crippen LogP contribution in [0.5, 0.6) is 5.75 Å². The Kier molecular flexibility index (Phi) is 6.26. The minimum Gasteiger partial charge on any atom is -0.487 e. The molecule has 0 aliphatic rings. The standard InChI is InChI=1S/C16H23F3N2O/c1-6-21(5)10-20-14-7-12(3)15(8-11(14)2)22-9-16(18,19)13(4)17/h7-8,10,13H,6,9H2,1-5H3. The van der Waals surface area contributed by atoms with Crippen LogP contribution >= 0.6 is 0 Å². The third-order valence-electron chi connectivity index (χ3n) is 3.39. The summed E-state index contributed by atoms with van der Waals surface area (Å²) in [6, 6.07) is 3.41. The zero-order valence-corrected chi connectivity index (χ0v) is 13.7. The summed E-state index contributed by atoms with van der Waals surface area (Å²) in [5.74, 6) is -3.18. The van der Waals surface area contributed by atoms with Gasteiger partial charge in [-0.3, -0.25) is 0 Å². The van der Waals surface area contributed by atoms with E-state index in [-0.39, 0.29) is 0 Å². The third-order valence-corrected chi connectivity index (χ3v) is 3.39. The zero-order valence-electron chi connectivity index (χ0n) is 13.7. The first-order valence-electron chi connectivity index (χ1n) is 7.17. The molecule has 0 bridgehead atoms. The van der Waals surface area contributed by atoms with Gasteiger partial charge >= 0.3 is 5.92 Å². The van der Waals surface area contributed by atoms with Gasteiger partial charge in [0.05, 0.1) is 12.0 Å². The van der Waals surface area contributed by atoms with Gasteiger partial charge in [-0.05, 0) is 51.0 Å². The molecule has 0 aliphatic heterocycles. The molecule has 0 saturated carbocycles. The monoisotopic (exact) mass is 316 g/mol. The van der Waals surface area contributed by atoms with Crippen molar-refractivity contribution in [2.24, 2.45) is 4.99 Å². The van der Waals surface area contributed by atoms with E-state index >= 15 is 0 Å². The van der Waals surface area contributed by atoms with E-state index in [1.807, 2.05) is 25.8 Å². The number of alkyl halides is 3. The van der Waals surface area contributed by atoms with Crippen LogP contribution in [0.2, 0.25) is 0 Å². The number of hydrogen-bond acceptors (Lipinski definition) is 2. The molecule has 1 atom stereocenters. The summed E-state index contributed by atoms with van der Waals surface area (Å²) in [5.41, 5.74) is 2.23. The summed E-state index contributed by atoms with van der Waals surface area (Å²) in [5, 5.41) is 0. The maximum atomic E-state index is 13.3. The Morgan fingerprint density at radius 2 is 1.95 bits per heavy atom. The molecule has 6 heteroatoms. The highest BCUT2D eigenvalue weighted by Crippen LogP contribution is 2.30. The maximum Gasteiger partial charge on any atom is 0.311 e. The number of rotatable bonds is 7. The van der Waals surface area contributed by atoms with E-state index in [1.165, 1.54) is 0 Å². The fraction of sp³-hybridized carbons (Fsp3) is 0.562. The smallest absolute Gasteiger partial charge is 0.311 e. The van der Waals surface area contributed by atoms with Crippen LogP contribution in [0, 0.1) is 13.8 Å². The van der Waals surface area contributed by atoms with E-state index < -0.39 is 18.7 Å². The Morgan fingerprint density at radius 3 is 2.50 bits per heavy atom. The van der Waals surface area contributed by atoms with Gasteiger partial charge in [-0.1, -0.05) is 0 Å². The highest BCUT2D eigenvalue weighted by Gasteiger charge is 2.38. The Labute approximate surface area is 129 Å². The molecule has 1 aromatic carbocycles. The van der Waals surface area contributed by atoms with Crippen molar-refractivity contribution >= 4 is 12.0 Å². The van der Waals surface area contributed by atoms with Crippen molar-refractivity contribution in [3.05, 3.63) is 23.3 Å². The van der Waals surface area contributed by atoms with Crippen LogP contribution in [0.4, 0.5) is 18.9 Å². The number of nitrogens with zero attached hydrogens (tertiary/aromatic N) is 2. The molecule has 0 radical (unpaired) electrons. The Hall–Kier alpha value is -1.72. The number of aryl methyl sites for hydroxylation is 2. The lowest BCUT2D eigenvalue weighted by Crippen LogP contribution is -2.34. The molecule has 0 saturated heterocycles. The number of halogens is 3. The van der Waals surface area contributed by atoms with Crippen molar-refractivity contribution in [2.45, 2.75) is 39.8 Å². The van der Waals surface area contributed by atoms with Crippen LogP contribution in [-0.2, 0) is 0 Å². The van der Waals surface area contributed by atoms with Gasteiger partial charge in [0.25, 0.3) is 0 Å². The molecule has 3 nitrogen and oxygen atoms in total. The Bertz CT molecular complexity index is 530. The van der Waals surface area contributed by atoms with E-state index in [1.54, 1.807) is 25.4 Å². The van der Waals surface area contributed by atoms with Crippen LogP contribution in [0.1, 0.15) is 25.0 Å². The minimum absolute atomic E-state index is 0.320. The van der Waals surface area contributed by atoms with Crippen LogP contribution in [0.15, 0.2) is 17.1 Å². The van der Waals surface area contributed by atoms with E-state index in [9.17, 15) is 13.2 Å². The van der Waals surface area contributed by atoms with Crippen LogP contribution in [-0.4, -0.2) is 43.5 Å². The van der Waals surface area contributed by atoms with Gasteiger partial charge in [0, 0.05) is 13.6 Å². The van der Waals surface area contributed by atoms with Gasteiger partial charge in [0.2, 0.25) is 0 Å². The number of hydrogen-bond donors (Lipinski definition) is 0. The second-order valence-corrected chi connectivity index (χ2v) is 5.39. The summed E-state index contributed by atoms with van der Waals surface area (Å²) in [6.45, 7) is 6.25. The van der Waals surface area contributed by atoms with Crippen molar-refractivity contribution in [1.29, 1.82) is 0 Å². The SMILES string of the molecule is CCN(C)C=Nc1cc(C)c(OCC(F)(F)C(C)F)cc1C. The topological polar surface area (TPSA) is 24.8 Å². The molecule has 1 aromatic rings. The van der Waals surface area contributed by atoms with Gasteiger partial charge in [-0.25, -0.2) is 9.38 Å². The number of benzene rings is 1. The normalized spacial score (nSPS) is 13.5. The zero-order chi connectivity index (χ0) is 16.9. The fourth-order valence-corrected chi connectivity index (χ4v) is 1.60.